The van der Waals surface area contributed by atoms with E-state index in [9.17, 15) is 14.3 Å². The molecule has 2 atom stereocenters. The van der Waals surface area contributed by atoms with Gasteiger partial charge < -0.3 is 14.7 Å². The summed E-state index contributed by atoms with van der Waals surface area (Å²) in [5.74, 6) is 6.43. The normalized spacial score (nSPS) is 25.6. The van der Waals surface area contributed by atoms with Crippen LogP contribution in [0.15, 0.2) is 30.9 Å². The predicted octanol–water partition coefficient (Wildman–Crippen LogP) is 4.94. The molecular weight excluding hydrogens is 445 g/mol. The summed E-state index contributed by atoms with van der Waals surface area (Å²) in [4.78, 5) is 29.1. The third-order valence-electron chi connectivity index (χ3n) is 8.08. The second-order valence-electron chi connectivity index (χ2n) is 10.2. The van der Waals surface area contributed by atoms with Crippen molar-refractivity contribution < 1.29 is 14.3 Å². The lowest BCUT2D eigenvalue weighted by molar-refractivity contribution is -0.151. The summed E-state index contributed by atoms with van der Waals surface area (Å²) in [5, 5.41) is 11.6. The Kier molecular flexibility index (Phi) is 4.50. The van der Waals surface area contributed by atoms with Crippen LogP contribution in [0.2, 0.25) is 0 Å². The third kappa shape index (κ3) is 3.33. The minimum absolute atomic E-state index is 0.163. The summed E-state index contributed by atoms with van der Waals surface area (Å²) in [7, 11) is 0. The third-order valence-corrected chi connectivity index (χ3v) is 8.08. The number of rotatable bonds is 3. The van der Waals surface area contributed by atoms with Crippen LogP contribution in [0.1, 0.15) is 50.1 Å². The smallest absolute Gasteiger partial charge is 0.308 e. The van der Waals surface area contributed by atoms with Crippen LogP contribution in [0.5, 0.6) is 0 Å². The van der Waals surface area contributed by atoms with Crippen LogP contribution >= 0.6 is 0 Å². The van der Waals surface area contributed by atoms with Crippen molar-refractivity contribution in [1.82, 2.24) is 24.5 Å². The molecule has 0 spiro atoms. The second-order valence-corrected chi connectivity index (χ2v) is 10.2. The van der Waals surface area contributed by atoms with Crippen LogP contribution in [0.3, 0.4) is 0 Å². The molecule has 0 aromatic carbocycles. The van der Waals surface area contributed by atoms with Crippen molar-refractivity contribution in [3.63, 3.8) is 0 Å². The number of pyridine rings is 1. The molecule has 0 unspecified atom stereocenters. The molecule has 4 heterocycles. The maximum Gasteiger partial charge on any atom is 0.308 e. The number of nitrogens with one attached hydrogen (secondary N) is 1. The van der Waals surface area contributed by atoms with Crippen LogP contribution in [0, 0.1) is 41.3 Å². The first-order chi connectivity index (χ1) is 17.1. The average Bonchev–Trinajstić information content (AvgIpc) is 3.50. The maximum absolute atomic E-state index is 13.9. The topological polar surface area (TPSA) is 96.7 Å². The molecule has 35 heavy (non-hydrogen) atoms. The quantitative estimate of drug-likeness (QED) is 0.415. The summed E-state index contributed by atoms with van der Waals surface area (Å²) in [6.45, 7) is 0. The molecular formula is C27H24FN5O2. The highest BCUT2D eigenvalue weighted by molar-refractivity contribution is 5.93. The van der Waals surface area contributed by atoms with Crippen molar-refractivity contribution in [1.29, 1.82) is 0 Å². The lowest BCUT2D eigenvalue weighted by Gasteiger charge is -2.47. The molecule has 4 aliphatic carbocycles. The number of carbonyl (C=O) groups is 1. The first kappa shape index (κ1) is 20.6. The van der Waals surface area contributed by atoms with Crippen molar-refractivity contribution in [3.8, 4) is 23.2 Å². The van der Waals surface area contributed by atoms with E-state index in [0.29, 0.717) is 39.9 Å². The van der Waals surface area contributed by atoms with Crippen LogP contribution in [0.4, 0.5) is 4.39 Å². The highest BCUT2D eigenvalue weighted by atomic mass is 19.1. The van der Waals surface area contributed by atoms with Crippen molar-refractivity contribution in [2.24, 2.45) is 23.7 Å². The average molecular weight is 470 g/mol. The van der Waals surface area contributed by atoms with E-state index in [0.717, 1.165) is 49.5 Å². The molecule has 0 amide bonds. The molecule has 0 radical (unpaired) electrons. The number of carboxylic acid groups (broad SMARTS) is 1. The molecule has 4 aromatic heterocycles. The Morgan fingerprint density at radius 1 is 1.09 bits per heavy atom. The van der Waals surface area contributed by atoms with E-state index >= 15 is 0 Å². The van der Waals surface area contributed by atoms with Crippen LogP contribution in [0.25, 0.3) is 33.5 Å². The number of H-pyrrole nitrogens is 1. The number of carboxylic acids is 1. The van der Waals surface area contributed by atoms with Crippen LogP contribution < -0.4 is 0 Å². The van der Waals surface area contributed by atoms with Gasteiger partial charge in [-0.3, -0.25) is 4.79 Å². The van der Waals surface area contributed by atoms with Crippen molar-refractivity contribution in [2.75, 3.05) is 0 Å². The van der Waals surface area contributed by atoms with Gasteiger partial charge in [0.25, 0.3) is 0 Å². The molecule has 4 aliphatic rings. The van der Waals surface area contributed by atoms with Gasteiger partial charge >= 0.3 is 5.97 Å². The summed E-state index contributed by atoms with van der Waals surface area (Å²) >= 11 is 0. The highest BCUT2D eigenvalue weighted by Gasteiger charge is 2.48. The Morgan fingerprint density at radius 3 is 2.66 bits per heavy atom. The van der Waals surface area contributed by atoms with Crippen molar-refractivity contribution in [3.05, 3.63) is 42.2 Å². The molecule has 0 saturated heterocycles. The number of hydrogen-bond acceptors (Lipinski definition) is 4. The minimum atomic E-state index is -0.732. The van der Waals surface area contributed by atoms with E-state index in [-0.39, 0.29) is 12.0 Å². The lowest BCUT2D eigenvalue weighted by atomic mass is 9.61. The second kappa shape index (κ2) is 7.64. The zero-order valence-corrected chi connectivity index (χ0v) is 19.0. The van der Waals surface area contributed by atoms with E-state index in [2.05, 4.69) is 31.4 Å². The molecule has 2 bridgehead atoms. The highest BCUT2D eigenvalue weighted by Crippen LogP contribution is 2.52. The SMILES string of the molecule is O=C(O)[C@@H]1C2CCC(CC2)[C@H]1n1cc(C#CC2CC2)c2cnc(-c3c[nH]c4ncc(F)cc34)nc21. The Hall–Kier alpha value is -3.73. The molecule has 8 heteroatoms. The molecule has 8 rings (SSSR count). The molecule has 4 saturated carbocycles. The zero-order chi connectivity index (χ0) is 23.7. The van der Waals surface area contributed by atoms with Crippen molar-refractivity contribution in [2.45, 2.75) is 44.6 Å². The standard InChI is InChI=1S/C27H24FN5O2/c28-18-9-19-21(12-30-24(19)29-10-18)25-31-11-20-17(4-3-14-1-2-14)13-33(26(20)32-25)23-16-7-5-15(6-8-16)22(23)27(34)35/h9-16,22-23H,1-2,5-8H2,(H,29,30)(H,34,35)/t15?,16?,22-,23-/m1/s1. The van der Waals surface area contributed by atoms with Gasteiger partial charge in [0.05, 0.1) is 29.1 Å². The Morgan fingerprint density at radius 2 is 1.89 bits per heavy atom. The van der Waals surface area contributed by atoms with Gasteiger partial charge in [0.15, 0.2) is 5.82 Å². The van der Waals surface area contributed by atoms with Gasteiger partial charge in [0.1, 0.15) is 17.1 Å². The molecule has 176 valence electrons. The van der Waals surface area contributed by atoms with Gasteiger partial charge in [0.2, 0.25) is 0 Å². The number of aromatic amines is 1. The number of aromatic nitrogens is 5. The summed E-state index contributed by atoms with van der Waals surface area (Å²) in [5.41, 5.74) is 2.76. The first-order valence-corrected chi connectivity index (χ1v) is 12.3. The fourth-order valence-corrected chi connectivity index (χ4v) is 6.22. The zero-order valence-electron chi connectivity index (χ0n) is 19.0. The first-order valence-electron chi connectivity index (χ1n) is 12.3. The Balaban J connectivity index is 1.43. The van der Waals surface area contributed by atoms with Crippen LogP contribution in [-0.4, -0.2) is 35.6 Å². The van der Waals surface area contributed by atoms with Gasteiger partial charge in [-0.15, -0.1) is 0 Å². The number of aliphatic carboxylic acids is 1. The van der Waals surface area contributed by atoms with E-state index < -0.39 is 17.7 Å². The van der Waals surface area contributed by atoms with Gasteiger partial charge in [0, 0.05) is 35.5 Å². The Labute approximate surface area is 200 Å². The van der Waals surface area contributed by atoms with E-state index in [1.807, 2.05) is 6.20 Å². The van der Waals surface area contributed by atoms with E-state index in [1.54, 1.807) is 12.4 Å². The number of halogens is 1. The number of fused-ring (bicyclic) bond motifs is 5. The monoisotopic (exact) mass is 469 g/mol. The van der Waals surface area contributed by atoms with Gasteiger partial charge in [-0.05, 0) is 56.4 Å². The fraction of sp³-hybridized carbons (Fsp3) is 0.407. The Bertz CT molecular complexity index is 1550. The van der Waals surface area contributed by atoms with Crippen LogP contribution in [-0.2, 0) is 4.79 Å². The molecule has 7 nitrogen and oxygen atoms in total. The summed E-state index contributed by atoms with van der Waals surface area (Å²) in [6.07, 6.45) is 13.0. The molecule has 4 fully saturated rings. The van der Waals surface area contributed by atoms with E-state index in [1.165, 1.54) is 12.3 Å². The van der Waals surface area contributed by atoms with E-state index in [4.69, 9.17) is 4.98 Å². The predicted molar refractivity (Wildman–Crippen MR) is 128 cm³/mol. The summed E-state index contributed by atoms with van der Waals surface area (Å²) < 4.78 is 16.0. The fourth-order valence-electron chi connectivity index (χ4n) is 6.22. The van der Waals surface area contributed by atoms with Crippen molar-refractivity contribution >= 4 is 28.0 Å². The van der Waals surface area contributed by atoms with Gasteiger partial charge in [-0.25, -0.2) is 19.3 Å². The van der Waals surface area contributed by atoms with Gasteiger partial charge in [-0.2, -0.15) is 0 Å². The number of hydrogen-bond donors (Lipinski definition) is 2. The lowest BCUT2D eigenvalue weighted by Crippen LogP contribution is -2.44. The molecule has 0 aliphatic heterocycles. The maximum atomic E-state index is 13.9. The minimum Gasteiger partial charge on any atom is -0.481 e. The molecule has 4 aromatic rings. The van der Waals surface area contributed by atoms with Gasteiger partial charge in [-0.1, -0.05) is 11.8 Å². The molecule has 2 N–H and O–H groups in total. The number of nitrogens with zero attached hydrogens (tertiary/aromatic N) is 4. The largest absolute Gasteiger partial charge is 0.481 e. The summed E-state index contributed by atoms with van der Waals surface area (Å²) in [6, 6.07) is 1.26.